The van der Waals surface area contributed by atoms with Gasteiger partial charge in [-0.25, -0.2) is 14.8 Å². The van der Waals surface area contributed by atoms with Gasteiger partial charge in [0, 0.05) is 49.9 Å². The number of methoxy groups -OCH3 is 1. The van der Waals surface area contributed by atoms with Crippen LogP contribution in [0, 0.1) is 12.8 Å². The van der Waals surface area contributed by atoms with E-state index < -0.39 is 0 Å². The summed E-state index contributed by atoms with van der Waals surface area (Å²) in [4.78, 5) is 28.5. The Bertz CT molecular complexity index is 1250. The number of piperazine rings is 1. The first-order valence-corrected chi connectivity index (χ1v) is 14.1. The Balaban J connectivity index is 1.19. The fourth-order valence-corrected chi connectivity index (χ4v) is 5.29. The molecule has 9 heteroatoms. The molecule has 0 bridgehead atoms. The summed E-state index contributed by atoms with van der Waals surface area (Å²) >= 11 is 0. The summed E-state index contributed by atoms with van der Waals surface area (Å²) < 4.78 is 11.8. The zero-order chi connectivity index (χ0) is 27.2. The average Bonchev–Trinajstić information content (AvgIpc) is 2.96. The summed E-state index contributed by atoms with van der Waals surface area (Å²) in [5.41, 5.74) is 2.79. The van der Waals surface area contributed by atoms with Gasteiger partial charge in [0.2, 0.25) is 0 Å². The van der Waals surface area contributed by atoms with E-state index in [1.54, 1.807) is 13.4 Å². The number of carbonyl (C=O) groups excluding carboxylic acids is 1. The number of anilines is 2. The monoisotopic (exact) mass is 532 g/mol. The fraction of sp³-hybridized carbons (Fsp3) is 0.500. The number of urea groups is 1. The maximum absolute atomic E-state index is 12.8. The largest absolute Gasteiger partial charge is 0.493 e. The Labute approximate surface area is 231 Å². The van der Waals surface area contributed by atoms with Gasteiger partial charge < -0.3 is 29.5 Å². The van der Waals surface area contributed by atoms with Crippen molar-refractivity contribution in [3.8, 4) is 11.5 Å². The number of aromatic nitrogens is 2. The Kier molecular flexibility index (Phi) is 8.66. The zero-order valence-electron chi connectivity index (χ0n) is 23.4. The smallest absolute Gasteiger partial charge is 0.321 e. The molecule has 208 valence electrons. The first-order chi connectivity index (χ1) is 19.0. The summed E-state index contributed by atoms with van der Waals surface area (Å²) in [6.45, 7) is 11.0. The molecule has 9 nitrogen and oxygen atoms in total. The maximum atomic E-state index is 12.8. The maximum Gasteiger partial charge on any atom is 0.321 e. The van der Waals surface area contributed by atoms with Crippen LogP contribution in [0.1, 0.15) is 31.7 Å². The number of ether oxygens (including phenoxy) is 2. The lowest BCUT2D eigenvalue weighted by Gasteiger charge is -2.35. The third kappa shape index (κ3) is 6.71. The van der Waals surface area contributed by atoms with Gasteiger partial charge in [0.15, 0.2) is 11.5 Å². The Morgan fingerprint density at radius 3 is 2.46 bits per heavy atom. The number of amides is 2. The highest BCUT2D eigenvalue weighted by Gasteiger charge is 2.24. The first kappa shape index (κ1) is 27.0. The molecule has 1 N–H and O–H groups in total. The minimum atomic E-state index is -0.0793. The molecule has 3 heterocycles. The van der Waals surface area contributed by atoms with Crippen molar-refractivity contribution in [1.82, 2.24) is 19.8 Å². The van der Waals surface area contributed by atoms with E-state index in [9.17, 15) is 4.79 Å². The Morgan fingerprint density at radius 1 is 1.00 bits per heavy atom. The van der Waals surface area contributed by atoms with E-state index in [0.29, 0.717) is 44.3 Å². The second-order valence-electron chi connectivity index (χ2n) is 10.7. The average molecular weight is 533 g/mol. The normalized spacial score (nSPS) is 16.9. The molecular formula is C30H40N6O3. The van der Waals surface area contributed by atoms with E-state index in [-0.39, 0.29) is 6.03 Å². The molecule has 2 saturated heterocycles. The lowest BCUT2D eigenvalue weighted by molar-refractivity contribution is 0.176. The van der Waals surface area contributed by atoms with Crippen LogP contribution in [0.3, 0.4) is 0 Å². The van der Waals surface area contributed by atoms with Crippen molar-refractivity contribution >= 4 is 28.4 Å². The number of carbonyl (C=O) groups is 1. The van der Waals surface area contributed by atoms with Crippen LogP contribution in [0.15, 0.2) is 42.7 Å². The van der Waals surface area contributed by atoms with Gasteiger partial charge in [-0.2, -0.15) is 0 Å². The number of aryl methyl sites for hydroxylation is 1. The number of rotatable bonds is 8. The van der Waals surface area contributed by atoms with Crippen molar-refractivity contribution in [2.75, 3.05) is 69.7 Å². The first-order valence-electron chi connectivity index (χ1n) is 14.1. The standard InChI is InChI=1S/C30H40N6O3/c1-22-5-7-24(8-6-22)33-30(37)36-16-14-35(15-17-36)29-25-19-27(38-3)28(20-26(25)31-21-32-29)39-18-4-11-34-12-9-23(2)10-13-34/h5-8,19-21,23H,4,9-18H2,1-3H3,(H,33,37). The van der Waals surface area contributed by atoms with Crippen LogP contribution in [0.2, 0.25) is 0 Å². The number of hydrogen-bond acceptors (Lipinski definition) is 7. The van der Waals surface area contributed by atoms with Gasteiger partial charge in [0.1, 0.15) is 12.1 Å². The highest BCUT2D eigenvalue weighted by atomic mass is 16.5. The summed E-state index contributed by atoms with van der Waals surface area (Å²) in [5.74, 6) is 3.09. The molecule has 39 heavy (non-hydrogen) atoms. The van der Waals surface area contributed by atoms with E-state index in [1.165, 1.54) is 25.9 Å². The molecule has 2 aromatic carbocycles. The van der Waals surface area contributed by atoms with Crippen LogP contribution < -0.4 is 19.7 Å². The van der Waals surface area contributed by atoms with Crippen molar-refractivity contribution in [1.29, 1.82) is 0 Å². The van der Waals surface area contributed by atoms with Crippen molar-refractivity contribution < 1.29 is 14.3 Å². The molecule has 2 aliphatic rings. The zero-order valence-corrected chi connectivity index (χ0v) is 23.4. The highest BCUT2D eigenvalue weighted by molar-refractivity contribution is 5.92. The van der Waals surface area contributed by atoms with E-state index in [4.69, 9.17) is 9.47 Å². The van der Waals surface area contributed by atoms with Crippen LogP contribution in [0.25, 0.3) is 10.9 Å². The van der Waals surface area contributed by atoms with E-state index >= 15 is 0 Å². The number of piperidine rings is 1. The highest BCUT2D eigenvalue weighted by Crippen LogP contribution is 2.35. The lowest BCUT2D eigenvalue weighted by atomic mass is 9.99. The molecule has 0 aliphatic carbocycles. The third-order valence-corrected chi connectivity index (χ3v) is 7.82. The summed E-state index contributed by atoms with van der Waals surface area (Å²) in [7, 11) is 1.66. The minimum Gasteiger partial charge on any atom is -0.493 e. The molecule has 0 saturated carbocycles. The van der Waals surface area contributed by atoms with Crippen LogP contribution in [-0.2, 0) is 0 Å². The molecule has 3 aromatic rings. The topological polar surface area (TPSA) is 83.1 Å². The van der Waals surface area contributed by atoms with Gasteiger partial charge in [-0.3, -0.25) is 0 Å². The molecule has 5 rings (SSSR count). The summed E-state index contributed by atoms with van der Waals surface area (Å²) in [5, 5.41) is 3.91. The van der Waals surface area contributed by atoms with Gasteiger partial charge in [-0.05, 0) is 63.4 Å². The molecule has 1 aromatic heterocycles. The minimum absolute atomic E-state index is 0.0793. The lowest BCUT2D eigenvalue weighted by Crippen LogP contribution is -2.50. The van der Waals surface area contributed by atoms with Gasteiger partial charge >= 0.3 is 6.03 Å². The second kappa shape index (κ2) is 12.5. The van der Waals surface area contributed by atoms with Crippen LogP contribution in [0.4, 0.5) is 16.3 Å². The summed E-state index contributed by atoms with van der Waals surface area (Å²) in [6.07, 6.45) is 5.16. The number of fused-ring (bicyclic) bond motifs is 1. The van der Waals surface area contributed by atoms with Crippen molar-refractivity contribution in [3.05, 3.63) is 48.3 Å². The van der Waals surface area contributed by atoms with Crippen LogP contribution >= 0.6 is 0 Å². The molecule has 2 aliphatic heterocycles. The SMILES string of the molecule is COc1cc2c(N3CCN(C(=O)Nc4ccc(C)cc4)CC3)ncnc2cc1OCCCN1CCC(C)CC1. The summed E-state index contributed by atoms with van der Waals surface area (Å²) in [6, 6.07) is 11.7. The van der Waals surface area contributed by atoms with Crippen molar-refractivity contribution in [2.45, 2.75) is 33.1 Å². The number of benzene rings is 2. The molecular weight excluding hydrogens is 492 g/mol. The molecule has 0 unspecified atom stereocenters. The Hall–Kier alpha value is -3.59. The number of nitrogens with one attached hydrogen (secondary N) is 1. The van der Waals surface area contributed by atoms with Crippen LogP contribution in [0.5, 0.6) is 11.5 Å². The van der Waals surface area contributed by atoms with E-state index in [0.717, 1.165) is 46.9 Å². The number of hydrogen-bond donors (Lipinski definition) is 1. The third-order valence-electron chi connectivity index (χ3n) is 7.82. The molecule has 2 amide bonds. The second-order valence-corrected chi connectivity index (χ2v) is 10.7. The van der Waals surface area contributed by atoms with Gasteiger partial charge in [-0.1, -0.05) is 24.6 Å². The number of nitrogens with zero attached hydrogens (tertiary/aromatic N) is 5. The van der Waals surface area contributed by atoms with Crippen LogP contribution in [-0.4, -0.2) is 85.3 Å². The molecule has 0 atom stereocenters. The van der Waals surface area contributed by atoms with Crippen molar-refractivity contribution in [2.24, 2.45) is 5.92 Å². The van der Waals surface area contributed by atoms with Gasteiger partial charge in [-0.15, -0.1) is 0 Å². The van der Waals surface area contributed by atoms with Crippen molar-refractivity contribution in [3.63, 3.8) is 0 Å². The fourth-order valence-electron chi connectivity index (χ4n) is 5.29. The molecule has 2 fully saturated rings. The van der Waals surface area contributed by atoms with Gasteiger partial charge in [0.05, 0.1) is 19.2 Å². The van der Waals surface area contributed by atoms with Gasteiger partial charge in [0.25, 0.3) is 0 Å². The predicted octanol–water partition coefficient (Wildman–Crippen LogP) is 4.80. The van der Waals surface area contributed by atoms with E-state index in [1.807, 2.05) is 48.2 Å². The quantitative estimate of drug-likeness (QED) is 0.417. The number of likely N-dealkylation sites (tertiary alicyclic amines) is 1. The van der Waals surface area contributed by atoms with E-state index in [2.05, 4.69) is 32.0 Å². The predicted molar refractivity (Wildman–Crippen MR) is 155 cm³/mol. The molecule has 0 spiro atoms. The Morgan fingerprint density at radius 2 is 1.74 bits per heavy atom. The molecule has 0 radical (unpaired) electrons.